The highest BCUT2D eigenvalue weighted by Crippen LogP contribution is 2.12. The van der Waals surface area contributed by atoms with Gasteiger partial charge in [-0.2, -0.15) is 0 Å². The second kappa shape index (κ2) is 7.96. The number of amides is 2. The Labute approximate surface area is 146 Å². The molecule has 1 aromatic rings. The molecule has 2 amide bonds. The van der Waals surface area contributed by atoms with Gasteiger partial charge in [-0.15, -0.1) is 0 Å². The van der Waals surface area contributed by atoms with Crippen molar-refractivity contribution in [3.05, 3.63) is 34.9 Å². The van der Waals surface area contributed by atoms with Crippen LogP contribution in [0.1, 0.15) is 12.0 Å². The van der Waals surface area contributed by atoms with Crippen LogP contribution in [-0.2, 0) is 26.0 Å². The molecule has 1 unspecified atom stereocenters. The van der Waals surface area contributed by atoms with Crippen molar-refractivity contribution in [2.24, 2.45) is 0 Å². The molecule has 0 bridgehead atoms. The highest BCUT2D eigenvalue weighted by Gasteiger charge is 2.32. The van der Waals surface area contributed by atoms with Crippen molar-refractivity contribution in [3.8, 4) is 0 Å². The number of nitrogens with zero attached hydrogens (tertiary/aromatic N) is 1. The van der Waals surface area contributed by atoms with Crippen LogP contribution in [0.15, 0.2) is 24.3 Å². The standard InChI is InChI=1S/C15H20ClN3O4S/c1-24(22,23)18-13-5-7-19(15(13)21)8-6-17-14(20)10-11-3-2-4-12(16)9-11/h2-4,9,13,18H,5-8,10H2,1H3,(H,17,20). The first-order valence-corrected chi connectivity index (χ1v) is 9.79. The Balaban J connectivity index is 1.74. The summed E-state index contributed by atoms with van der Waals surface area (Å²) in [6.45, 7) is 1.13. The molecule has 1 heterocycles. The Kier molecular flexibility index (Phi) is 6.20. The van der Waals surface area contributed by atoms with Crippen molar-refractivity contribution in [2.75, 3.05) is 25.9 Å². The molecule has 0 aromatic heterocycles. The Morgan fingerprint density at radius 2 is 2.17 bits per heavy atom. The minimum atomic E-state index is -3.41. The summed E-state index contributed by atoms with van der Waals surface area (Å²) in [6, 6.07) is 6.36. The van der Waals surface area contributed by atoms with Crippen LogP contribution in [-0.4, -0.2) is 57.1 Å². The molecule has 0 spiro atoms. The van der Waals surface area contributed by atoms with E-state index in [4.69, 9.17) is 11.6 Å². The smallest absolute Gasteiger partial charge is 0.240 e. The second-order valence-corrected chi connectivity index (χ2v) is 7.93. The molecule has 0 saturated carbocycles. The molecule has 7 nitrogen and oxygen atoms in total. The van der Waals surface area contributed by atoms with Gasteiger partial charge in [0.2, 0.25) is 21.8 Å². The molecule has 1 atom stereocenters. The number of sulfonamides is 1. The van der Waals surface area contributed by atoms with E-state index in [0.29, 0.717) is 31.1 Å². The predicted molar refractivity (Wildman–Crippen MR) is 91.1 cm³/mol. The van der Waals surface area contributed by atoms with Gasteiger partial charge >= 0.3 is 0 Å². The number of nitrogens with one attached hydrogen (secondary N) is 2. The van der Waals surface area contributed by atoms with E-state index in [1.54, 1.807) is 23.1 Å². The fraction of sp³-hybridized carbons (Fsp3) is 0.467. The topological polar surface area (TPSA) is 95.6 Å². The highest BCUT2D eigenvalue weighted by atomic mass is 35.5. The number of halogens is 1. The number of hydrogen-bond donors (Lipinski definition) is 2. The summed E-state index contributed by atoms with van der Waals surface area (Å²) in [5.74, 6) is -0.417. The largest absolute Gasteiger partial charge is 0.354 e. The van der Waals surface area contributed by atoms with Gasteiger partial charge in [-0.3, -0.25) is 9.59 Å². The van der Waals surface area contributed by atoms with Crippen LogP contribution < -0.4 is 10.0 Å². The lowest BCUT2D eigenvalue weighted by atomic mass is 10.1. The summed E-state index contributed by atoms with van der Waals surface area (Å²) < 4.78 is 24.7. The molecule has 9 heteroatoms. The zero-order valence-corrected chi connectivity index (χ0v) is 14.9. The van der Waals surface area contributed by atoms with E-state index >= 15 is 0 Å². The third kappa shape index (κ3) is 5.77. The van der Waals surface area contributed by atoms with E-state index in [9.17, 15) is 18.0 Å². The maximum absolute atomic E-state index is 12.1. The molecule has 2 N–H and O–H groups in total. The maximum Gasteiger partial charge on any atom is 0.240 e. The number of carbonyl (C=O) groups is 2. The average molecular weight is 374 g/mol. The van der Waals surface area contributed by atoms with E-state index in [1.165, 1.54) is 0 Å². The van der Waals surface area contributed by atoms with Gasteiger partial charge in [0.05, 0.1) is 12.7 Å². The van der Waals surface area contributed by atoms with E-state index in [2.05, 4.69) is 10.0 Å². The van der Waals surface area contributed by atoms with E-state index in [0.717, 1.165) is 11.8 Å². The Morgan fingerprint density at radius 3 is 2.83 bits per heavy atom. The summed E-state index contributed by atoms with van der Waals surface area (Å²) in [4.78, 5) is 25.5. The van der Waals surface area contributed by atoms with Gasteiger partial charge in [-0.05, 0) is 24.1 Å². The van der Waals surface area contributed by atoms with E-state index in [-0.39, 0.29) is 18.2 Å². The molecule has 2 rings (SSSR count). The van der Waals surface area contributed by atoms with Crippen LogP contribution in [0.25, 0.3) is 0 Å². The van der Waals surface area contributed by atoms with Gasteiger partial charge in [0.1, 0.15) is 6.04 Å². The van der Waals surface area contributed by atoms with Crippen LogP contribution in [0.4, 0.5) is 0 Å². The fourth-order valence-electron chi connectivity index (χ4n) is 2.55. The Bertz CT molecular complexity index is 723. The quantitative estimate of drug-likeness (QED) is 0.711. The number of rotatable bonds is 7. The fourth-order valence-corrected chi connectivity index (χ4v) is 3.50. The summed E-state index contributed by atoms with van der Waals surface area (Å²) in [6.07, 6.45) is 1.67. The van der Waals surface area contributed by atoms with Gasteiger partial charge in [-0.25, -0.2) is 13.1 Å². The van der Waals surface area contributed by atoms with Crippen LogP contribution in [0.5, 0.6) is 0 Å². The minimum absolute atomic E-state index is 0.158. The normalized spacial score (nSPS) is 18.0. The predicted octanol–water partition coefficient (Wildman–Crippen LogP) is 0.149. The molecule has 0 aliphatic carbocycles. The number of likely N-dealkylation sites (tertiary alicyclic amines) is 1. The first kappa shape index (κ1) is 18.7. The van der Waals surface area contributed by atoms with Gasteiger partial charge in [-0.1, -0.05) is 23.7 Å². The Morgan fingerprint density at radius 1 is 1.42 bits per heavy atom. The van der Waals surface area contributed by atoms with Crippen molar-refractivity contribution >= 4 is 33.4 Å². The zero-order valence-electron chi connectivity index (χ0n) is 13.3. The van der Waals surface area contributed by atoms with Gasteiger partial charge in [0, 0.05) is 24.7 Å². The van der Waals surface area contributed by atoms with Crippen LogP contribution >= 0.6 is 11.6 Å². The summed E-state index contributed by atoms with van der Waals surface area (Å²) >= 11 is 5.87. The highest BCUT2D eigenvalue weighted by molar-refractivity contribution is 7.88. The maximum atomic E-state index is 12.1. The second-order valence-electron chi connectivity index (χ2n) is 5.71. The molecule has 1 aliphatic heterocycles. The van der Waals surface area contributed by atoms with Crippen LogP contribution in [0, 0.1) is 0 Å². The van der Waals surface area contributed by atoms with Crippen molar-refractivity contribution < 1.29 is 18.0 Å². The summed E-state index contributed by atoms with van der Waals surface area (Å²) in [7, 11) is -3.41. The van der Waals surface area contributed by atoms with Crippen molar-refractivity contribution in [2.45, 2.75) is 18.9 Å². The summed E-state index contributed by atoms with van der Waals surface area (Å²) in [5.41, 5.74) is 0.815. The van der Waals surface area contributed by atoms with Crippen LogP contribution in [0.2, 0.25) is 5.02 Å². The third-order valence-electron chi connectivity index (χ3n) is 3.61. The molecule has 0 radical (unpaired) electrons. The first-order valence-electron chi connectivity index (χ1n) is 7.52. The van der Waals surface area contributed by atoms with Crippen LogP contribution in [0.3, 0.4) is 0 Å². The van der Waals surface area contributed by atoms with Gasteiger partial charge < -0.3 is 10.2 Å². The van der Waals surface area contributed by atoms with Gasteiger partial charge in [0.25, 0.3) is 0 Å². The molecule has 132 valence electrons. The zero-order chi connectivity index (χ0) is 17.7. The number of benzene rings is 1. The molecule has 1 aliphatic rings. The van der Waals surface area contributed by atoms with E-state index in [1.807, 2.05) is 6.07 Å². The lowest BCUT2D eigenvalue weighted by Gasteiger charge is -2.17. The van der Waals surface area contributed by atoms with E-state index < -0.39 is 16.1 Å². The summed E-state index contributed by atoms with van der Waals surface area (Å²) in [5, 5.41) is 3.32. The lowest BCUT2D eigenvalue weighted by Crippen LogP contribution is -2.43. The van der Waals surface area contributed by atoms with Gasteiger partial charge in [0.15, 0.2) is 0 Å². The molecule has 24 heavy (non-hydrogen) atoms. The van der Waals surface area contributed by atoms with Crippen molar-refractivity contribution in [1.82, 2.24) is 14.9 Å². The third-order valence-corrected chi connectivity index (χ3v) is 4.56. The minimum Gasteiger partial charge on any atom is -0.354 e. The van der Waals surface area contributed by atoms with Crippen molar-refractivity contribution in [3.63, 3.8) is 0 Å². The number of carbonyl (C=O) groups excluding carboxylic acids is 2. The molecular weight excluding hydrogens is 354 g/mol. The average Bonchev–Trinajstić information content (AvgIpc) is 2.78. The van der Waals surface area contributed by atoms with Crippen molar-refractivity contribution in [1.29, 1.82) is 0 Å². The first-order chi connectivity index (χ1) is 11.2. The molecule has 1 saturated heterocycles. The SMILES string of the molecule is CS(=O)(=O)NC1CCN(CCNC(=O)Cc2cccc(Cl)c2)C1=O. The molecule has 1 aromatic carbocycles. The molecular formula is C15H20ClN3O4S. The Hall–Kier alpha value is -1.64. The molecule has 1 fully saturated rings. The monoisotopic (exact) mass is 373 g/mol. The number of hydrogen-bond acceptors (Lipinski definition) is 4. The lowest BCUT2D eigenvalue weighted by molar-refractivity contribution is -0.129.